The summed E-state index contributed by atoms with van der Waals surface area (Å²) < 4.78 is 0. The van der Waals surface area contributed by atoms with E-state index < -0.39 is 0 Å². The van der Waals surface area contributed by atoms with E-state index in [4.69, 9.17) is 5.21 Å². The SMILES string of the molecule is CN(O)c1nc2nc[nH]c2c(=O)[nH]1. The maximum atomic E-state index is 11.3. The highest BCUT2D eigenvalue weighted by atomic mass is 16.5. The van der Waals surface area contributed by atoms with Gasteiger partial charge in [0.15, 0.2) is 11.2 Å². The van der Waals surface area contributed by atoms with Gasteiger partial charge in [0.1, 0.15) is 0 Å². The lowest BCUT2D eigenvalue weighted by Gasteiger charge is -2.06. The molecule has 68 valence electrons. The Morgan fingerprint density at radius 2 is 2.38 bits per heavy atom. The zero-order chi connectivity index (χ0) is 9.42. The van der Waals surface area contributed by atoms with Crippen LogP contribution in [0.25, 0.3) is 11.2 Å². The first-order chi connectivity index (χ1) is 6.18. The molecule has 2 aromatic heterocycles. The van der Waals surface area contributed by atoms with Crippen LogP contribution in [0.15, 0.2) is 11.1 Å². The molecule has 0 atom stereocenters. The Hall–Kier alpha value is -1.89. The van der Waals surface area contributed by atoms with E-state index in [1.165, 1.54) is 13.4 Å². The molecule has 2 aromatic rings. The van der Waals surface area contributed by atoms with Crippen molar-refractivity contribution >= 4 is 17.1 Å². The van der Waals surface area contributed by atoms with Crippen LogP contribution in [0, 0.1) is 0 Å². The number of H-pyrrole nitrogens is 2. The van der Waals surface area contributed by atoms with Gasteiger partial charge < -0.3 is 4.98 Å². The fraction of sp³-hybridized carbons (Fsp3) is 0.167. The number of nitrogens with zero attached hydrogens (tertiary/aromatic N) is 3. The van der Waals surface area contributed by atoms with Crippen LogP contribution < -0.4 is 10.6 Å². The minimum Gasteiger partial charge on any atom is -0.339 e. The molecule has 2 heterocycles. The Labute approximate surface area is 72.0 Å². The van der Waals surface area contributed by atoms with Gasteiger partial charge in [-0.05, 0) is 0 Å². The maximum absolute atomic E-state index is 11.3. The Bertz CT molecular complexity index is 485. The van der Waals surface area contributed by atoms with E-state index in [0.29, 0.717) is 5.52 Å². The number of anilines is 1. The van der Waals surface area contributed by atoms with Crippen molar-refractivity contribution in [2.45, 2.75) is 0 Å². The van der Waals surface area contributed by atoms with Crippen LogP contribution in [-0.2, 0) is 0 Å². The molecule has 0 unspecified atom stereocenters. The highest BCUT2D eigenvalue weighted by molar-refractivity contribution is 5.69. The minimum absolute atomic E-state index is 0.0598. The summed E-state index contributed by atoms with van der Waals surface area (Å²) in [6, 6.07) is 0. The third-order valence-electron chi connectivity index (χ3n) is 1.59. The molecular formula is C6H7N5O2. The Kier molecular flexibility index (Phi) is 1.52. The molecule has 7 heteroatoms. The maximum Gasteiger partial charge on any atom is 0.278 e. The van der Waals surface area contributed by atoms with Gasteiger partial charge in [0.25, 0.3) is 5.56 Å². The van der Waals surface area contributed by atoms with Gasteiger partial charge in [0, 0.05) is 7.05 Å². The van der Waals surface area contributed by atoms with Gasteiger partial charge in [-0.2, -0.15) is 4.98 Å². The molecule has 0 aliphatic rings. The van der Waals surface area contributed by atoms with Gasteiger partial charge in [-0.25, -0.2) is 10.0 Å². The molecule has 0 aliphatic carbocycles. The quantitative estimate of drug-likeness (QED) is 0.514. The molecule has 0 aliphatic heterocycles. The monoisotopic (exact) mass is 181 g/mol. The van der Waals surface area contributed by atoms with Gasteiger partial charge in [0.05, 0.1) is 6.33 Å². The molecule has 0 fully saturated rings. The summed E-state index contributed by atoms with van der Waals surface area (Å²) in [4.78, 5) is 23.9. The zero-order valence-electron chi connectivity index (χ0n) is 6.77. The Morgan fingerprint density at radius 3 is 3.08 bits per heavy atom. The average molecular weight is 181 g/mol. The van der Waals surface area contributed by atoms with Crippen LogP contribution in [0.1, 0.15) is 0 Å². The number of hydroxylamine groups is 1. The van der Waals surface area contributed by atoms with Crippen molar-refractivity contribution < 1.29 is 5.21 Å². The standard InChI is InChI=1S/C6H7N5O2/c1-11(13)6-9-4-3(5(12)10-6)7-2-8-4/h2,13H,1H3,(H2,7,8,9,10,12). The molecule has 2 rings (SSSR count). The van der Waals surface area contributed by atoms with Gasteiger partial charge >= 0.3 is 0 Å². The summed E-state index contributed by atoms with van der Waals surface area (Å²) in [6.45, 7) is 0. The lowest BCUT2D eigenvalue weighted by atomic mass is 10.5. The predicted octanol–water partition coefficient (Wildman–Crippen LogP) is -0.528. The van der Waals surface area contributed by atoms with Crippen LogP contribution in [0.2, 0.25) is 0 Å². The highest BCUT2D eigenvalue weighted by Gasteiger charge is 2.06. The fourth-order valence-corrected chi connectivity index (χ4v) is 0.984. The lowest BCUT2D eigenvalue weighted by Crippen LogP contribution is -2.19. The molecular weight excluding hydrogens is 174 g/mol. The van der Waals surface area contributed by atoms with Crippen molar-refractivity contribution in [3.8, 4) is 0 Å². The smallest absolute Gasteiger partial charge is 0.278 e. The van der Waals surface area contributed by atoms with Crippen molar-refractivity contribution in [2.24, 2.45) is 0 Å². The molecule has 0 aromatic carbocycles. The fourth-order valence-electron chi connectivity index (χ4n) is 0.984. The summed E-state index contributed by atoms with van der Waals surface area (Å²) in [5.74, 6) is 0.0598. The molecule has 0 saturated heterocycles. The van der Waals surface area contributed by atoms with Crippen LogP contribution in [0.4, 0.5) is 5.95 Å². The second kappa shape index (κ2) is 2.56. The van der Waals surface area contributed by atoms with Crippen molar-refractivity contribution in [1.82, 2.24) is 19.9 Å². The number of nitrogens with one attached hydrogen (secondary N) is 2. The molecule has 0 amide bonds. The number of aromatic amines is 2. The summed E-state index contributed by atoms with van der Waals surface area (Å²) in [7, 11) is 1.36. The van der Waals surface area contributed by atoms with E-state index in [1.54, 1.807) is 0 Å². The molecule has 3 N–H and O–H groups in total. The van der Waals surface area contributed by atoms with E-state index in [9.17, 15) is 4.79 Å². The summed E-state index contributed by atoms with van der Waals surface area (Å²) in [5, 5.41) is 9.73. The first kappa shape index (κ1) is 7.74. The summed E-state index contributed by atoms with van der Waals surface area (Å²) in [6.07, 6.45) is 1.37. The molecule has 7 nitrogen and oxygen atoms in total. The number of hydrogen-bond donors (Lipinski definition) is 3. The summed E-state index contributed by atoms with van der Waals surface area (Å²) in [5.41, 5.74) is 0.212. The number of imidazole rings is 1. The van der Waals surface area contributed by atoms with E-state index in [2.05, 4.69) is 19.9 Å². The highest BCUT2D eigenvalue weighted by Crippen LogP contribution is 2.04. The number of hydrogen-bond acceptors (Lipinski definition) is 5. The van der Waals surface area contributed by atoms with Gasteiger partial charge in [-0.1, -0.05) is 0 Å². The van der Waals surface area contributed by atoms with E-state index in [-0.39, 0.29) is 17.2 Å². The zero-order valence-corrected chi connectivity index (χ0v) is 6.77. The first-order valence-corrected chi connectivity index (χ1v) is 3.54. The largest absolute Gasteiger partial charge is 0.339 e. The van der Waals surface area contributed by atoms with Gasteiger partial charge in [-0.15, -0.1) is 0 Å². The van der Waals surface area contributed by atoms with Crippen LogP contribution in [-0.4, -0.2) is 32.2 Å². The minimum atomic E-state index is -0.363. The molecule has 0 spiro atoms. The Morgan fingerprint density at radius 1 is 1.62 bits per heavy atom. The van der Waals surface area contributed by atoms with Gasteiger partial charge in [-0.3, -0.25) is 15.0 Å². The number of fused-ring (bicyclic) bond motifs is 1. The second-order valence-corrected chi connectivity index (χ2v) is 2.51. The Balaban J connectivity index is 2.77. The third-order valence-corrected chi connectivity index (χ3v) is 1.59. The first-order valence-electron chi connectivity index (χ1n) is 3.54. The predicted molar refractivity (Wildman–Crippen MR) is 44.7 cm³/mol. The second-order valence-electron chi connectivity index (χ2n) is 2.51. The van der Waals surface area contributed by atoms with Crippen molar-refractivity contribution in [2.75, 3.05) is 12.1 Å². The topological polar surface area (TPSA) is 97.9 Å². The van der Waals surface area contributed by atoms with Crippen molar-refractivity contribution in [3.05, 3.63) is 16.7 Å². The molecule has 13 heavy (non-hydrogen) atoms. The van der Waals surface area contributed by atoms with Crippen molar-refractivity contribution in [1.29, 1.82) is 0 Å². The third kappa shape index (κ3) is 1.14. The normalized spacial score (nSPS) is 10.6. The van der Waals surface area contributed by atoms with Crippen LogP contribution >= 0.6 is 0 Å². The van der Waals surface area contributed by atoms with E-state index in [1.807, 2.05) is 0 Å². The van der Waals surface area contributed by atoms with Crippen LogP contribution in [0.5, 0.6) is 0 Å². The molecule has 0 saturated carbocycles. The average Bonchev–Trinajstić information content (AvgIpc) is 2.51. The lowest BCUT2D eigenvalue weighted by molar-refractivity contribution is 0.272. The van der Waals surface area contributed by atoms with E-state index in [0.717, 1.165) is 5.06 Å². The van der Waals surface area contributed by atoms with E-state index >= 15 is 0 Å². The van der Waals surface area contributed by atoms with Gasteiger partial charge in [0.2, 0.25) is 5.95 Å². The van der Waals surface area contributed by atoms with Crippen molar-refractivity contribution in [3.63, 3.8) is 0 Å². The number of aromatic nitrogens is 4. The molecule has 0 radical (unpaired) electrons. The summed E-state index contributed by atoms with van der Waals surface area (Å²) >= 11 is 0. The number of rotatable bonds is 1. The molecule has 0 bridgehead atoms. The van der Waals surface area contributed by atoms with Crippen LogP contribution in [0.3, 0.4) is 0 Å².